The lowest BCUT2D eigenvalue weighted by atomic mass is 10.3. The minimum Gasteiger partial charge on any atom is -0.481 e. The molecule has 0 amide bonds. The van der Waals surface area contributed by atoms with Gasteiger partial charge in [-0.1, -0.05) is 6.07 Å². The minimum atomic E-state index is 0. The predicted molar refractivity (Wildman–Crippen MR) is 67.2 cm³/mol. The SMILES string of the molecule is COc1cccc(CNCc2ncc[nH]2)n1.Cl. The van der Waals surface area contributed by atoms with E-state index in [1.165, 1.54) is 0 Å². The van der Waals surface area contributed by atoms with Gasteiger partial charge in [0.25, 0.3) is 0 Å². The molecule has 0 saturated heterocycles. The molecule has 2 aromatic heterocycles. The Hall–Kier alpha value is -1.59. The van der Waals surface area contributed by atoms with Crippen molar-refractivity contribution in [2.45, 2.75) is 13.1 Å². The highest BCUT2D eigenvalue weighted by atomic mass is 35.5. The van der Waals surface area contributed by atoms with Gasteiger partial charge in [0.1, 0.15) is 5.82 Å². The van der Waals surface area contributed by atoms with E-state index in [2.05, 4.69) is 20.3 Å². The largest absolute Gasteiger partial charge is 0.481 e. The van der Waals surface area contributed by atoms with Crippen molar-refractivity contribution in [3.63, 3.8) is 0 Å². The summed E-state index contributed by atoms with van der Waals surface area (Å²) in [4.78, 5) is 11.4. The van der Waals surface area contributed by atoms with E-state index in [4.69, 9.17) is 4.74 Å². The van der Waals surface area contributed by atoms with Crippen molar-refractivity contribution in [1.82, 2.24) is 20.3 Å². The number of hydrogen-bond donors (Lipinski definition) is 2. The third-order valence-electron chi connectivity index (χ3n) is 2.14. The third-order valence-corrected chi connectivity index (χ3v) is 2.14. The van der Waals surface area contributed by atoms with Crippen molar-refractivity contribution in [3.8, 4) is 5.88 Å². The molecule has 6 heteroatoms. The highest BCUT2D eigenvalue weighted by Crippen LogP contribution is 2.06. The van der Waals surface area contributed by atoms with Crippen molar-refractivity contribution in [3.05, 3.63) is 42.1 Å². The molecule has 0 aliphatic carbocycles. The number of imidazole rings is 1. The van der Waals surface area contributed by atoms with Gasteiger partial charge in [0.05, 0.1) is 19.3 Å². The van der Waals surface area contributed by atoms with Crippen molar-refractivity contribution < 1.29 is 4.74 Å². The second-order valence-electron chi connectivity index (χ2n) is 3.31. The number of nitrogens with zero attached hydrogens (tertiary/aromatic N) is 2. The number of ether oxygens (including phenoxy) is 1. The molecule has 2 heterocycles. The lowest BCUT2D eigenvalue weighted by Crippen LogP contribution is -2.14. The fraction of sp³-hybridized carbons (Fsp3) is 0.273. The Morgan fingerprint density at radius 2 is 2.24 bits per heavy atom. The number of H-pyrrole nitrogens is 1. The first-order valence-corrected chi connectivity index (χ1v) is 5.07. The monoisotopic (exact) mass is 254 g/mol. The van der Waals surface area contributed by atoms with E-state index in [1.807, 2.05) is 18.2 Å². The van der Waals surface area contributed by atoms with E-state index in [9.17, 15) is 0 Å². The molecular formula is C11H15ClN4O. The molecule has 92 valence electrons. The predicted octanol–water partition coefficient (Wildman–Crippen LogP) is 1.52. The zero-order valence-electron chi connectivity index (χ0n) is 9.51. The molecule has 0 spiro atoms. The summed E-state index contributed by atoms with van der Waals surface area (Å²) in [6, 6.07) is 5.71. The Morgan fingerprint density at radius 3 is 2.94 bits per heavy atom. The molecule has 0 unspecified atom stereocenters. The van der Waals surface area contributed by atoms with Crippen LogP contribution in [0.1, 0.15) is 11.5 Å². The van der Waals surface area contributed by atoms with E-state index < -0.39 is 0 Å². The topological polar surface area (TPSA) is 62.8 Å². The van der Waals surface area contributed by atoms with Crippen LogP contribution in [-0.4, -0.2) is 22.1 Å². The van der Waals surface area contributed by atoms with Crippen LogP contribution in [0.4, 0.5) is 0 Å². The van der Waals surface area contributed by atoms with Crippen LogP contribution < -0.4 is 10.1 Å². The van der Waals surface area contributed by atoms with Crippen LogP contribution in [0.15, 0.2) is 30.6 Å². The van der Waals surface area contributed by atoms with Gasteiger partial charge < -0.3 is 15.0 Å². The van der Waals surface area contributed by atoms with E-state index >= 15 is 0 Å². The quantitative estimate of drug-likeness (QED) is 0.849. The van der Waals surface area contributed by atoms with Gasteiger partial charge >= 0.3 is 0 Å². The van der Waals surface area contributed by atoms with Crippen molar-refractivity contribution >= 4 is 12.4 Å². The summed E-state index contributed by atoms with van der Waals surface area (Å²) in [5.74, 6) is 1.56. The van der Waals surface area contributed by atoms with Crippen LogP contribution in [0.2, 0.25) is 0 Å². The molecule has 2 rings (SSSR count). The molecule has 0 saturated carbocycles. The van der Waals surface area contributed by atoms with Gasteiger partial charge in [0, 0.05) is 25.0 Å². The first kappa shape index (κ1) is 13.5. The van der Waals surface area contributed by atoms with Crippen LogP contribution in [0.25, 0.3) is 0 Å². The smallest absolute Gasteiger partial charge is 0.213 e. The molecule has 17 heavy (non-hydrogen) atoms. The van der Waals surface area contributed by atoms with Crippen LogP contribution in [-0.2, 0) is 13.1 Å². The van der Waals surface area contributed by atoms with Gasteiger partial charge in [0.15, 0.2) is 0 Å². The van der Waals surface area contributed by atoms with Gasteiger partial charge in [0.2, 0.25) is 5.88 Å². The highest BCUT2D eigenvalue weighted by Gasteiger charge is 1.98. The van der Waals surface area contributed by atoms with Crippen molar-refractivity contribution in [1.29, 1.82) is 0 Å². The minimum absolute atomic E-state index is 0. The van der Waals surface area contributed by atoms with Crippen LogP contribution in [0.5, 0.6) is 5.88 Å². The van der Waals surface area contributed by atoms with Crippen LogP contribution in [0, 0.1) is 0 Å². The maximum absolute atomic E-state index is 5.05. The molecule has 0 aliphatic rings. The Bertz CT molecular complexity index is 433. The van der Waals surface area contributed by atoms with Gasteiger partial charge in [-0.2, -0.15) is 0 Å². The Labute approximate surface area is 106 Å². The van der Waals surface area contributed by atoms with Gasteiger partial charge in [-0.25, -0.2) is 9.97 Å². The summed E-state index contributed by atoms with van der Waals surface area (Å²) < 4.78 is 5.05. The second-order valence-corrected chi connectivity index (χ2v) is 3.31. The summed E-state index contributed by atoms with van der Waals surface area (Å²) in [6.45, 7) is 1.39. The van der Waals surface area contributed by atoms with Crippen LogP contribution in [0.3, 0.4) is 0 Å². The Balaban J connectivity index is 0.00000144. The van der Waals surface area contributed by atoms with E-state index in [1.54, 1.807) is 19.5 Å². The molecule has 0 aromatic carbocycles. The zero-order valence-corrected chi connectivity index (χ0v) is 10.3. The molecule has 2 N–H and O–H groups in total. The van der Waals surface area contributed by atoms with Crippen molar-refractivity contribution in [2.24, 2.45) is 0 Å². The van der Waals surface area contributed by atoms with E-state index in [0.717, 1.165) is 11.5 Å². The number of aromatic nitrogens is 3. The van der Waals surface area contributed by atoms with Gasteiger partial charge in [-0.05, 0) is 6.07 Å². The number of rotatable bonds is 5. The van der Waals surface area contributed by atoms with Gasteiger partial charge in [-0.15, -0.1) is 12.4 Å². The number of nitrogens with one attached hydrogen (secondary N) is 2. The standard InChI is InChI=1S/C11H14N4O.ClH/c1-16-11-4-2-3-9(15-11)7-12-8-10-13-5-6-14-10;/h2-6,12H,7-8H2,1H3,(H,13,14);1H. The Morgan fingerprint density at radius 1 is 1.35 bits per heavy atom. The normalized spacial score (nSPS) is 9.71. The molecule has 5 nitrogen and oxygen atoms in total. The summed E-state index contributed by atoms with van der Waals surface area (Å²) in [6.07, 6.45) is 3.54. The zero-order chi connectivity index (χ0) is 11.2. The third kappa shape index (κ3) is 4.05. The fourth-order valence-electron chi connectivity index (χ4n) is 1.37. The molecule has 0 atom stereocenters. The van der Waals surface area contributed by atoms with E-state index in [0.29, 0.717) is 19.0 Å². The molecule has 0 fully saturated rings. The lowest BCUT2D eigenvalue weighted by molar-refractivity contribution is 0.395. The van der Waals surface area contributed by atoms with Crippen molar-refractivity contribution in [2.75, 3.05) is 7.11 Å². The molecular weight excluding hydrogens is 240 g/mol. The molecule has 2 aromatic rings. The van der Waals surface area contributed by atoms with Gasteiger partial charge in [-0.3, -0.25) is 0 Å². The average molecular weight is 255 g/mol. The molecule has 0 aliphatic heterocycles. The fourth-order valence-corrected chi connectivity index (χ4v) is 1.37. The average Bonchev–Trinajstić information content (AvgIpc) is 2.82. The Kier molecular flexibility index (Phi) is 5.45. The molecule has 0 bridgehead atoms. The maximum Gasteiger partial charge on any atom is 0.213 e. The number of halogens is 1. The highest BCUT2D eigenvalue weighted by molar-refractivity contribution is 5.85. The van der Waals surface area contributed by atoms with E-state index in [-0.39, 0.29) is 12.4 Å². The van der Waals surface area contributed by atoms with Crippen LogP contribution >= 0.6 is 12.4 Å². The maximum atomic E-state index is 5.05. The summed E-state index contributed by atoms with van der Waals surface area (Å²) in [5.41, 5.74) is 0.950. The summed E-state index contributed by atoms with van der Waals surface area (Å²) in [7, 11) is 1.61. The number of aromatic amines is 1. The number of methoxy groups -OCH3 is 1. The lowest BCUT2D eigenvalue weighted by Gasteiger charge is -2.04. The summed E-state index contributed by atoms with van der Waals surface area (Å²) in [5, 5.41) is 3.24. The first-order valence-electron chi connectivity index (χ1n) is 5.07. The first-order chi connectivity index (χ1) is 7.88. The second kappa shape index (κ2) is 6.88. The summed E-state index contributed by atoms with van der Waals surface area (Å²) >= 11 is 0. The number of hydrogen-bond acceptors (Lipinski definition) is 4. The molecule has 0 radical (unpaired) electrons. The number of pyridine rings is 1.